The fourth-order valence-electron chi connectivity index (χ4n) is 3.21. The van der Waals surface area contributed by atoms with E-state index in [0.717, 1.165) is 0 Å². The van der Waals surface area contributed by atoms with Crippen LogP contribution in [0.5, 0.6) is 0 Å². The van der Waals surface area contributed by atoms with Crippen LogP contribution in [0.3, 0.4) is 0 Å². The summed E-state index contributed by atoms with van der Waals surface area (Å²) in [6, 6.07) is 20.6. The van der Waals surface area contributed by atoms with Gasteiger partial charge in [-0.1, -0.05) is 60.7 Å². The first-order valence-corrected chi connectivity index (χ1v) is 14.1. The zero-order valence-electron chi connectivity index (χ0n) is 21.5. The normalized spacial score (nSPS) is 18.9. The Morgan fingerprint density at radius 2 is 0.929 bits per heavy atom. The standard InChI is InChI=1S/C21H22N2O2.2CHF3O3S.Cu/c1-21(2,19-22-17(13-24-19)15-9-5-3-6-10-15)20-23-18(14-25-20)16-11-7-4-8-12-16;2*2-1(3,4)8(5,6)7;/h3-12,17-18H,13-14H2,1-2H3;2*(H,5,6,7);/t17-,18-;;;/m0.../s1. The van der Waals surface area contributed by atoms with Gasteiger partial charge in [0.25, 0.3) is 0 Å². The average molecular weight is 698 g/mol. The summed E-state index contributed by atoms with van der Waals surface area (Å²) >= 11 is 0. The Morgan fingerprint density at radius 1 is 0.667 bits per heavy atom. The molecule has 0 aliphatic carbocycles. The molecule has 1 radical (unpaired) electrons. The summed E-state index contributed by atoms with van der Waals surface area (Å²) in [5, 5.41) is 0. The van der Waals surface area contributed by atoms with E-state index in [0.29, 0.717) is 25.0 Å². The minimum absolute atomic E-state index is 0. The van der Waals surface area contributed by atoms with Crippen molar-refractivity contribution in [2.24, 2.45) is 15.4 Å². The van der Waals surface area contributed by atoms with Gasteiger partial charge in [0.2, 0.25) is 0 Å². The van der Waals surface area contributed by atoms with Crippen LogP contribution in [0.2, 0.25) is 0 Å². The summed E-state index contributed by atoms with van der Waals surface area (Å²) in [5.74, 6) is 1.41. The van der Waals surface area contributed by atoms with Crippen molar-refractivity contribution in [2.75, 3.05) is 13.2 Å². The van der Waals surface area contributed by atoms with Gasteiger partial charge in [-0.2, -0.15) is 43.2 Å². The van der Waals surface area contributed by atoms with Crippen LogP contribution >= 0.6 is 0 Å². The van der Waals surface area contributed by atoms with Crippen molar-refractivity contribution in [3.8, 4) is 0 Å². The fourth-order valence-corrected chi connectivity index (χ4v) is 3.21. The van der Waals surface area contributed by atoms with E-state index < -0.39 is 36.7 Å². The maximum Gasteiger partial charge on any atom is 0.522 e. The van der Waals surface area contributed by atoms with Crippen molar-refractivity contribution in [3.05, 3.63) is 71.8 Å². The molecule has 2 heterocycles. The van der Waals surface area contributed by atoms with Crippen molar-refractivity contribution >= 4 is 32.0 Å². The summed E-state index contributed by atoms with van der Waals surface area (Å²) in [6.07, 6.45) is 0. The molecule has 2 N–H and O–H groups in total. The third-order valence-electron chi connectivity index (χ3n) is 5.33. The average Bonchev–Trinajstić information content (AvgIpc) is 3.55. The zero-order chi connectivity index (χ0) is 31.3. The quantitative estimate of drug-likeness (QED) is 0.193. The fraction of sp³-hybridized carbons (Fsp3) is 0.391. The smallest absolute Gasteiger partial charge is 0.478 e. The number of nitrogens with zero attached hydrogens (tertiary/aromatic N) is 2. The second-order valence-corrected chi connectivity index (χ2v) is 11.6. The van der Waals surface area contributed by atoms with Gasteiger partial charge in [-0.15, -0.1) is 0 Å². The Kier molecular flexibility index (Phi) is 12.6. The number of aliphatic imine (C=N–C) groups is 2. The molecule has 4 rings (SSSR count). The number of halogens is 6. The molecule has 239 valence electrons. The maximum absolute atomic E-state index is 10.7. The monoisotopic (exact) mass is 697 g/mol. The van der Waals surface area contributed by atoms with Crippen molar-refractivity contribution in [3.63, 3.8) is 0 Å². The summed E-state index contributed by atoms with van der Waals surface area (Å²) in [4.78, 5) is 9.61. The first-order chi connectivity index (χ1) is 18.6. The summed E-state index contributed by atoms with van der Waals surface area (Å²) in [6.45, 7) is 5.26. The Balaban J connectivity index is 0.000000432. The molecule has 0 saturated carbocycles. The van der Waals surface area contributed by atoms with Gasteiger partial charge in [0.15, 0.2) is 11.8 Å². The molecule has 19 heteroatoms. The molecule has 0 unspecified atom stereocenters. The molecule has 2 aliphatic heterocycles. The molecule has 2 aliphatic rings. The number of ether oxygens (including phenoxy) is 2. The molecule has 2 aromatic rings. The number of rotatable bonds is 4. The number of benzene rings is 2. The van der Waals surface area contributed by atoms with Crippen molar-refractivity contribution < 1.29 is 78.8 Å². The molecule has 0 fully saturated rings. The van der Waals surface area contributed by atoms with E-state index in [-0.39, 0.29) is 29.2 Å². The Morgan fingerprint density at radius 3 is 1.17 bits per heavy atom. The summed E-state index contributed by atoms with van der Waals surface area (Å²) < 4.78 is 127. The van der Waals surface area contributed by atoms with Crippen LogP contribution in [0.15, 0.2) is 70.6 Å². The zero-order valence-corrected chi connectivity index (χ0v) is 24.0. The van der Waals surface area contributed by atoms with Crippen molar-refractivity contribution in [2.45, 2.75) is 36.9 Å². The summed E-state index contributed by atoms with van der Waals surface area (Å²) in [7, 11) is -11.7. The van der Waals surface area contributed by atoms with Gasteiger partial charge in [-0.3, -0.25) is 9.11 Å². The molecule has 0 spiro atoms. The Bertz CT molecular complexity index is 1340. The largest absolute Gasteiger partial charge is 0.522 e. The van der Waals surface area contributed by atoms with E-state index in [9.17, 15) is 26.3 Å². The van der Waals surface area contributed by atoms with E-state index in [1.807, 2.05) is 36.4 Å². The molecular formula is C23H24CuF6N2O8S2. The molecule has 0 bridgehead atoms. The van der Waals surface area contributed by atoms with Crippen LogP contribution in [0.25, 0.3) is 0 Å². The van der Waals surface area contributed by atoms with Gasteiger partial charge in [-0.25, -0.2) is 9.98 Å². The van der Waals surface area contributed by atoms with Gasteiger partial charge >= 0.3 is 31.3 Å². The second-order valence-electron chi connectivity index (χ2n) is 8.81. The van der Waals surface area contributed by atoms with Crippen LogP contribution in [0, 0.1) is 5.41 Å². The Labute approximate surface area is 247 Å². The van der Waals surface area contributed by atoms with E-state index >= 15 is 0 Å². The van der Waals surface area contributed by atoms with E-state index in [1.54, 1.807) is 0 Å². The molecule has 2 atom stereocenters. The molecular weight excluding hydrogens is 674 g/mol. The first kappa shape index (κ1) is 37.3. The topological polar surface area (TPSA) is 152 Å². The molecule has 0 aromatic heterocycles. The second kappa shape index (κ2) is 14.2. The molecule has 2 aromatic carbocycles. The third kappa shape index (κ3) is 10.2. The van der Waals surface area contributed by atoms with Crippen LogP contribution in [-0.4, -0.2) is 62.0 Å². The maximum atomic E-state index is 10.7. The van der Waals surface area contributed by atoms with E-state index in [4.69, 9.17) is 45.4 Å². The van der Waals surface area contributed by atoms with Gasteiger partial charge in [0.1, 0.15) is 30.7 Å². The van der Waals surface area contributed by atoms with Gasteiger partial charge in [0.05, 0.1) is 0 Å². The van der Waals surface area contributed by atoms with Gasteiger partial charge < -0.3 is 9.47 Å². The van der Waals surface area contributed by atoms with Crippen LogP contribution < -0.4 is 0 Å². The summed E-state index contributed by atoms with van der Waals surface area (Å²) in [5.41, 5.74) is -9.19. The molecule has 0 saturated heterocycles. The predicted octanol–water partition coefficient (Wildman–Crippen LogP) is 5.14. The van der Waals surface area contributed by atoms with E-state index in [1.165, 1.54) is 11.1 Å². The van der Waals surface area contributed by atoms with Crippen LogP contribution in [-0.2, 0) is 46.8 Å². The minimum atomic E-state index is -5.84. The third-order valence-corrected chi connectivity index (χ3v) is 6.49. The minimum Gasteiger partial charge on any atom is -0.478 e. The van der Waals surface area contributed by atoms with Gasteiger partial charge in [-0.05, 0) is 25.0 Å². The number of hydrogen-bond donors (Lipinski definition) is 2. The van der Waals surface area contributed by atoms with Crippen LogP contribution in [0.1, 0.15) is 37.1 Å². The molecule has 10 nitrogen and oxygen atoms in total. The first-order valence-electron chi connectivity index (χ1n) is 11.2. The van der Waals surface area contributed by atoms with E-state index in [2.05, 4.69) is 38.1 Å². The molecule has 42 heavy (non-hydrogen) atoms. The number of hydrogen-bond acceptors (Lipinski definition) is 8. The molecule has 0 amide bonds. The SMILES string of the molecule is CC(C)(C1=N[C@H](c2ccccc2)CO1)C1=N[C@H](c2ccccc2)CO1.O=S(=O)(O)C(F)(F)F.O=S(=O)(O)C(F)(F)F.[Cu]. The van der Waals surface area contributed by atoms with Crippen LogP contribution in [0.4, 0.5) is 26.3 Å². The van der Waals surface area contributed by atoms with Gasteiger partial charge in [0, 0.05) is 17.1 Å². The van der Waals surface area contributed by atoms with Crippen molar-refractivity contribution in [1.82, 2.24) is 0 Å². The number of alkyl halides is 6. The predicted molar refractivity (Wildman–Crippen MR) is 134 cm³/mol. The Hall–Kier alpha value is -2.70. The van der Waals surface area contributed by atoms with Crippen molar-refractivity contribution in [1.29, 1.82) is 0 Å².